The van der Waals surface area contributed by atoms with Crippen LogP contribution in [0.5, 0.6) is 5.75 Å². The Morgan fingerprint density at radius 1 is 1.00 bits per heavy atom. The maximum Gasteiger partial charge on any atom is 0.122 e. The lowest BCUT2D eigenvalue weighted by Crippen LogP contribution is -2.30. The average Bonchev–Trinajstić information content (AvgIpc) is 2.48. The predicted octanol–water partition coefficient (Wildman–Crippen LogP) is 4.29. The first-order valence-corrected chi connectivity index (χ1v) is 7.54. The van der Waals surface area contributed by atoms with E-state index in [4.69, 9.17) is 4.74 Å². The van der Waals surface area contributed by atoms with Gasteiger partial charge < -0.3 is 10.1 Å². The van der Waals surface area contributed by atoms with Crippen molar-refractivity contribution < 1.29 is 4.74 Å². The van der Waals surface area contributed by atoms with Gasteiger partial charge in [0.05, 0.1) is 7.11 Å². The molecule has 21 heavy (non-hydrogen) atoms. The van der Waals surface area contributed by atoms with Crippen LogP contribution in [0.25, 0.3) is 0 Å². The van der Waals surface area contributed by atoms with E-state index < -0.39 is 0 Å². The van der Waals surface area contributed by atoms with Crippen LogP contribution in [0.2, 0.25) is 0 Å². The molecule has 0 amide bonds. The number of rotatable bonds is 6. The lowest BCUT2D eigenvalue weighted by Gasteiger charge is -2.21. The molecule has 0 spiro atoms. The Morgan fingerprint density at radius 2 is 1.67 bits per heavy atom. The SMILES string of the molecule is COc1ccccc1CC(C)NC(C)c1ccc(C)cc1. The standard InChI is InChI=1S/C19H25NO/c1-14-9-11-17(12-10-14)16(3)20-15(2)13-18-7-5-6-8-19(18)21-4/h5-12,15-16,20H,13H2,1-4H3. The van der Waals surface area contributed by atoms with Gasteiger partial charge in [-0.15, -0.1) is 0 Å². The summed E-state index contributed by atoms with van der Waals surface area (Å²) in [5, 5.41) is 3.66. The molecule has 112 valence electrons. The maximum absolute atomic E-state index is 5.42. The van der Waals surface area contributed by atoms with Crippen molar-refractivity contribution in [2.24, 2.45) is 0 Å². The van der Waals surface area contributed by atoms with Gasteiger partial charge in [0.25, 0.3) is 0 Å². The summed E-state index contributed by atoms with van der Waals surface area (Å²) >= 11 is 0. The Morgan fingerprint density at radius 3 is 2.33 bits per heavy atom. The number of hydrogen-bond donors (Lipinski definition) is 1. The summed E-state index contributed by atoms with van der Waals surface area (Å²) in [6.45, 7) is 6.55. The summed E-state index contributed by atoms with van der Waals surface area (Å²) in [4.78, 5) is 0. The topological polar surface area (TPSA) is 21.3 Å². The predicted molar refractivity (Wildman–Crippen MR) is 88.9 cm³/mol. The van der Waals surface area contributed by atoms with E-state index in [1.165, 1.54) is 16.7 Å². The van der Waals surface area contributed by atoms with E-state index in [1.807, 2.05) is 12.1 Å². The van der Waals surface area contributed by atoms with Crippen molar-refractivity contribution in [3.63, 3.8) is 0 Å². The monoisotopic (exact) mass is 283 g/mol. The molecule has 2 heteroatoms. The third kappa shape index (κ3) is 4.33. The molecule has 0 bridgehead atoms. The first-order chi connectivity index (χ1) is 10.1. The average molecular weight is 283 g/mol. The summed E-state index contributed by atoms with van der Waals surface area (Å²) in [5.41, 5.74) is 3.87. The van der Waals surface area contributed by atoms with E-state index >= 15 is 0 Å². The maximum atomic E-state index is 5.42. The molecule has 2 aromatic rings. The van der Waals surface area contributed by atoms with Crippen LogP contribution >= 0.6 is 0 Å². The second kappa shape index (κ2) is 7.28. The van der Waals surface area contributed by atoms with Crippen LogP contribution in [0.4, 0.5) is 0 Å². The molecule has 0 aliphatic rings. The van der Waals surface area contributed by atoms with Crippen LogP contribution in [0.1, 0.15) is 36.6 Å². The van der Waals surface area contributed by atoms with Crippen molar-refractivity contribution in [3.05, 3.63) is 65.2 Å². The van der Waals surface area contributed by atoms with Gasteiger partial charge in [-0.1, -0.05) is 48.0 Å². The molecule has 0 aliphatic heterocycles. The Bertz CT molecular complexity index is 562. The second-order valence-electron chi connectivity index (χ2n) is 5.72. The van der Waals surface area contributed by atoms with E-state index in [1.54, 1.807) is 7.11 Å². The highest BCUT2D eigenvalue weighted by atomic mass is 16.5. The Balaban J connectivity index is 1.97. The molecule has 0 saturated carbocycles. The van der Waals surface area contributed by atoms with E-state index in [-0.39, 0.29) is 0 Å². The van der Waals surface area contributed by atoms with Gasteiger partial charge >= 0.3 is 0 Å². The normalized spacial score (nSPS) is 13.7. The number of para-hydroxylation sites is 1. The van der Waals surface area contributed by atoms with Gasteiger partial charge in [-0.05, 0) is 44.4 Å². The molecule has 2 atom stereocenters. The highest BCUT2D eigenvalue weighted by Gasteiger charge is 2.12. The Labute approximate surface area is 128 Å². The van der Waals surface area contributed by atoms with Crippen LogP contribution < -0.4 is 10.1 Å². The van der Waals surface area contributed by atoms with Gasteiger partial charge in [-0.3, -0.25) is 0 Å². The van der Waals surface area contributed by atoms with Crippen molar-refractivity contribution in [1.29, 1.82) is 0 Å². The number of aryl methyl sites for hydroxylation is 1. The van der Waals surface area contributed by atoms with Crippen LogP contribution in [-0.2, 0) is 6.42 Å². The highest BCUT2D eigenvalue weighted by molar-refractivity contribution is 5.34. The van der Waals surface area contributed by atoms with E-state index in [9.17, 15) is 0 Å². The van der Waals surface area contributed by atoms with E-state index in [2.05, 4.69) is 62.5 Å². The molecule has 0 aliphatic carbocycles. The van der Waals surface area contributed by atoms with Crippen LogP contribution in [-0.4, -0.2) is 13.2 Å². The van der Waals surface area contributed by atoms with E-state index in [0.717, 1.165) is 12.2 Å². The molecule has 0 fully saturated rings. The van der Waals surface area contributed by atoms with Crippen LogP contribution in [0.15, 0.2) is 48.5 Å². The summed E-state index contributed by atoms with van der Waals surface area (Å²) in [6, 6.07) is 17.7. The molecule has 0 radical (unpaired) electrons. The molecular weight excluding hydrogens is 258 g/mol. The number of methoxy groups -OCH3 is 1. The van der Waals surface area contributed by atoms with Crippen LogP contribution in [0.3, 0.4) is 0 Å². The van der Waals surface area contributed by atoms with Gasteiger partial charge in [0.15, 0.2) is 0 Å². The summed E-state index contributed by atoms with van der Waals surface area (Å²) in [6.07, 6.45) is 0.959. The number of ether oxygens (including phenoxy) is 1. The second-order valence-corrected chi connectivity index (χ2v) is 5.72. The first-order valence-electron chi connectivity index (χ1n) is 7.54. The third-order valence-corrected chi connectivity index (χ3v) is 3.83. The quantitative estimate of drug-likeness (QED) is 0.854. The van der Waals surface area contributed by atoms with Crippen LogP contribution in [0, 0.1) is 6.92 Å². The lowest BCUT2D eigenvalue weighted by molar-refractivity contribution is 0.403. The fourth-order valence-electron chi connectivity index (χ4n) is 2.64. The molecule has 1 N–H and O–H groups in total. The van der Waals surface area contributed by atoms with E-state index in [0.29, 0.717) is 12.1 Å². The molecule has 2 aromatic carbocycles. The minimum atomic E-state index is 0.343. The molecular formula is C19H25NO. The van der Waals surface area contributed by atoms with Crippen molar-refractivity contribution >= 4 is 0 Å². The zero-order valence-corrected chi connectivity index (χ0v) is 13.4. The molecule has 0 aromatic heterocycles. The van der Waals surface area contributed by atoms with Crippen molar-refractivity contribution in [2.45, 2.75) is 39.3 Å². The number of nitrogens with one attached hydrogen (secondary N) is 1. The fourth-order valence-corrected chi connectivity index (χ4v) is 2.64. The van der Waals surface area contributed by atoms with Crippen molar-refractivity contribution in [1.82, 2.24) is 5.32 Å². The van der Waals surface area contributed by atoms with Gasteiger partial charge in [0.1, 0.15) is 5.75 Å². The smallest absolute Gasteiger partial charge is 0.122 e. The highest BCUT2D eigenvalue weighted by Crippen LogP contribution is 2.20. The number of benzene rings is 2. The molecule has 2 rings (SSSR count). The zero-order valence-electron chi connectivity index (χ0n) is 13.4. The van der Waals surface area contributed by atoms with Gasteiger partial charge in [-0.2, -0.15) is 0 Å². The van der Waals surface area contributed by atoms with Crippen molar-refractivity contribution in [3.8, 4) is 5.75 Å². The lowest BCUT2D eigenvalue weighted by atomic mass is 10.0. The fraction of sp³-hybridized carbons (Fsp3) is 0.368. The van der Waals surface area contributed by atoms with Crippen molar-refractivity contribution in [2.75, 3.05) is 7.11 Å². The summed E-state index contributed by atoms with van der Waals surface area (Å²) < 4.78 is 5.42. The summed E-state index contributed by atoms with van der Waals surface area (Å²) in [5.74, 6) is 0.967. The molecule has 0 heterocycles. The van der Waals surface area contributed by atoms with Gasteiger partial charge in [0, 0.05) is 12.1 Å². The Kier molecular flexibility index (Phi) is 5.40. The zero-order chi connectivity index (χ0) is 15.2. The largest absolute Gasteiger partial charge is 0.496 e. The Hall–Kier alpha value is -1.80. The van der Waals surface area contributed by atoms with Gasteiger partial charge in [-0.25, -0.2) is 0 Å². The minimum absolute atomic E-state index is 0.343. The third-order valence-electron chi connectivity index (χ3n) is 3.83. The minimum Gasteiger partial charge on any atom is -0.496 e. The molecule has 2 nitrogen and oxygen atoms in total. The number of hydrogen-bond acceptors (Lipinski definition) is 2. The molecule has 0 saturated heterocycles. The van der Waals surface area contributed by atoms with Gasteiger partial charge in [0.2, 0.25) is 0 Å². The summed E-state index contributed by atoms with van der Waals surface area (Å²) in [7, 11) is 1.73. The molecule has 2 unspecified atom stereocenters. The first kappa shape index (κ1) is 15.6.